The molecular weight excluding hydrogens is 374 g/mol. The number of hydrogen-bond acceptors (Lipinski definition) is 7. The number of pyridine rings is 1. The third-order valence-corrected chi connectivity index (χ3v) is 5.75. The van der Waals surface area contributed by atoms with Crippen LogP contribution in [0.3, 0.4) is 0 Å². The van der Waals surface area contributed by atoms with Gasteiger partial charge in [-0.15, -0.1) is 11.3 Å². The van der Waals surface area contributed by atoms with Gasteiger partial charge >= 0.3 is 0 Å². The van der Waals surface area contributed by atoms with Crippen molar-refractivity contribution in [3.63, 3.8) is 0 Å². The quantitative estimate of drug-likeness (QED) is 0.631. The number of fused-ring (bicyclic) bond motifs is 3. The van der Waals surface area contributed by atoms with E-state index in [1.54, 1.807) is 0 Å². The normalized spacial score (nSPS) is 15.5. The Morgan fingerprint density at radius 3 is 2.68 bits per heavy atom. The number of nitrogens with zero attached hydrogens (tertiary/aromatic N) is 2. The van der Waals surface area contributed by atoms with Crippen molar-refractivity contribution in [3.8, 4) is 17.9 Å². The number of rotatable bonds is 3. The second-order valence-corrected chi connectivity index (χ2v) is 7.21. The number of allylic oxidation sites excluding steroid dienone is 1. The largest absolute Gasteiger partial charge is 0.438 e. The van der Waals surface area contributed by atoms with Gasteiger partial charge in [0.2, 0.25) is 5.88 Å². The van der Waals surface area contributed by atoms with Crippen molar-refractivity contribution < 1.29 is 4.74 Å². The maximum atomic E-state index is 13.0. The van der Waals surface area contributed by atoms with Crippen LogP contribution in [-0.4, -0.2) is 11.5 Å². The van der Waals surface area contributed by atoms with Crippen LogP contribution < -0.4 is 21.3 Å². The minimum absolute atomic E-state index is 0.0346. The Morgan fingerprint density at radius 2 is 2.04 bits per heavy atom. The summed E-state index contributed by atoms with van der Waals surface area (Å²) in [6, 6.07) is 13.4. The van der Waals surface area contributed by atoms with E-state index < -0.39 is 11.5 Å². The van der Waals surface area contributed by atoms with E-state index in [0.29, 0.717) is 38.6 Å². The molecule has 28 heavy (non-hydrogen) atoms. The van der Waals surface area contributed by atoms with Crippen LogP contribution in [0.5, 0.6) is 5.75 Å². The van der Waals surface area contributed by atoms with Crippen molar-refractivity contribution in [1.29, 1.82) is 10.5 Å². The lowest BCUT2D eigenvalue weighted by atomic mass is 9.84. The molecule has 0 amide bonds. The topological polar surface area (TPSA) is 128 Å². The van der Waals surface area contributed by atoms with Crippen LogP contribution in [0.2, 0.25) is 0 Å². The van der Waals surface area contributed by atoms with Crippen molar-refractivity contribution in [2.24, 2.45) is 5.73 Å². The number of anilines is 1. The Hall–Kier alpha value is -3.75. The van der Waals surface area contributed by atoms with Crippen molar-refractivity contribution in [2.45, 2.75) is 12.8 Å². The van der Waals surface area contributed by atoms with Crippen molar-refractivity contribution in [3.05, 3.63) is 68.8 Å². The molecule has 1 unspecified atom stereocenters. The van der Waals surface area contributed by atoms with Gasteiger partial charge in [-0.1, -0.05) is 30.3 Å². The number of nitriles is 2. The first-order valence-electron chi connectivity index (χ1n) is 8.59. The molecule has 0 saturated carbocycles. The average Bonchev–Trinajstić information content (AvgIpc) is 3.05. The zero-order valence-corrected chi connectivity index (χ0v) is 15.7. The van der Waals surface area contributed by atoms with Crippen LogP contribution in [0.1, 0.15) is 29.5 Å². The monoisotopic (exact) mass is 389 g/mol. The molecule has 4 N–H and O–H groups in total. The van der Waals surface area contributed by atoms with Crippen LogP contribution in [0.25, 0.3) is 10.2 Å². The Bertz CT molecular complexity index is 1260. The van der Waals surface area contributed by atoms with Gasteiger partial charge < -0.3 is 20.8 Å². The van der Waals surface area contributed by atoms with Gasteiger partial charge in [0.25, 0.3) is 5.56 Å². The molecule has 0 fully saturated rings. The second-order valence-electron chi connectivity index (χ2n) is 6.18. The molecule has 0 bridgehead atoms. The summed E-state index contributed by atoms with van der Waals surface area (Å²) in [5.41, 5.74) is 7.68. The van der Waals surface area contributed by atoms with E-state index in [9.17, 15) is 15.3 Å². The number of nitrogens with two attached hydrogens (primary N) is 1. The maximum Gasteiger partial charge on any atom is 0.256 e. The first-order valence-corrected chi connectivity index (χ1v) is 9.41. The van der Waals surface area contributed by atoms with E-state index in [2.05, 4.69) is 22.4 Å². The summed E-state index contributed by atoms with van der Waals surface area (Å²) >= 11 is 1.31. The molecule has 2 aromatic heterocycles. The molecule has 138 valence electrons. The predicted molar refractivity (Wildman–Crippen MR) is 107 cm³/mol. The Morgan fingerprint density at radius 1 is 1.29 bits per heavy atom. The zero-order valence-electron chi connectivity index (χ0n) is 14.9. The Balaban J connectivity index is 2.08. The fourth-order valence-electron chi connectivity index (χ4n) is 3.42. The Kier molecular flexibility index (Phi) is 4.26. The summed E-state index contributed by atoms with van der Waals surface area (Å²) < 4.78 is 6.37. The highest BCUT2D eigenvalue weighted by Gasteiger charge is 2.35. The maximum absolute atomic E-state index is 13.0. The third kappa shape index (κ3) is 2.51. The first-order chi connectivity index (χ1) is 13.6. The molecule has 4 rings (SSSR count). The summed E-state index contributed by atoms with van der Waals surface area (Å²) in [4.78, 5) is 15.8. The summed E-state index contributed by atoms with van der Waals surface area (Å²) in [5, 5.41) is 23.0. The number of hydrogen-bond donors (Lipinski definition) is 3. The molecule has 8 heteroatoms. The van der Waals surface area contributed by atoms with Crippen LogP contribution in [0.4, 0.5) is 5.00 Å². The number of benzene rings is 1. The SMILES string of the molecule is CCNc1sc2c3c(c(=O)[nH]c2c1C#N)C(c1ccccc1)C(C#N)=C(N)O3. The summed E-state index contributed by atoms with van der Waals surface area (Å²) in [5.74, 6) is -0.374. The van der Waals surface area contributed by atoms with Gasteiger partial charge in [0, 0.05) is 6.54 Å². The van der Waals surface area contributed by atoms with Crippen LogP contribution in [-0.2, 0) is 0 Å². The van der Waals surface area contributed by atoms with Crippen molar-refractivity contribution >= 4 is 26.6 Å². The van der Waals surface area contributed by atoms with Crippen LogP contribution in [0.15, 0.2) is 46.6 Å². The lowest BCUT2D eigenvalue weighted by molar-refractivity contribution is 0.397. The molecule has 1 aromatic carbocycles. The lowest BCUT2D eigenvalue weighted by Gasteiger charge is -2.25. The number of ether oxygens (including phenoxy) is 1. The van der Waals surface area contributed by atoms with E-state index in [-0.39, 0.29) is 11.5 Å². The van der Waals surface area contributed by atoms with E-state index in [4.69, 9.17) is 10.5 Å². The van der Waals surface area contributed by atoms with E-state index >= 15 is 0 Å². The zero-order chi connectivity index (χ0) is 19.8. The standard InChI is InChI=1S/C20H15N5O2S/c1-2-24-20-12(9-22)15-17(28-20)16-14(19(26)25-15)13(10-6-4-3-5-7-10)11(8-21)18(23)27-16/h3-7,13,24H,2,23H2,1H3,(H,25,26). The highest BCUT2D eigenvalue weighted by molar-refractivity contribution is 7.23. The molecular formula is C20H15N5O2S. The number of aromatic amines is 1. The fourth-order valence-corrected chi connectivity index (χ4v) is 4.59. The lowest BCUT2D eigenvalue weighted by Crippen LogP contribution is -2.27. The molecule has 0 aliphatic carbocycles. The van der Waals surface area contributed by atoms with E-state index in [0.717, 1.165) is 5.56 Å². The molecule has 1 aliphatic rings. The highest BCUT2D eigenvalue weighted by atomic mass is 32.1. The highest BCUT2D eigenvalue weighted by Crippen LogP contribution is 2.47. The summed E-state index contributed by atoms with van der Waals surface area (Å²) in [7, 11) is 0. The van der Waals surface area contributed by atoms with Crippen molar-refractivity contribution in [2.75, 3.05) is 11.9 Å². The van der Waals surface area contributed by atoms with Crippen LogP contribution in [0, 0.1) is 22.7 Å². The smallest absolute Gasteiger partial charge is 0.256 e. The van der Waals surface area contributed by atoms with Gasteiger partial charge in [0.15, 0.2) is 5.75 Å². The molecule has 0 saturated heterocycles. The number of H-pyrrole nitrogens is 1. The first kappa shape index (κ1) is 17.7. The number of nitrogens with one attached hydrogen (secondary N) is 2. The molecule has 1 atom stereocenters. The number of aromatic nitrogens is 1. The van der Waals surface area contributed by atoms with Crippen molar-refractivity contribution in [1.82, 2.24) is 4.98 Å². The molecule has 0 radical (unpaired) electrons. The summed E-state index contributed by atoms with van der Waals surface area (Å²) in [6.07, 6.45) is 0. The van der Waals surface area contributed by atoms with Gasteiger partial charge in [0.05, 0.1) is 21.7 Å². The van der Waals surface area contributed by atoms with Gasteiger partial charge in [-0.25, -0.2) is 0 Å². The van der Waals surface area contributed by atoms with Crippen LogP contribution >= 0.6 is 11.3 Å². The molecule has 0 spiro atoms. The predicted octanol–water partition coefficient (Wildman–Crippen LogP) is 3.11. The molecule has 3 aromatic rings. The minimum atomic E-state index is -0.640. The summed E-state index contributed by atoms with van der Waals surface area (Å²) in [6.45, 7) is 2.55. The molecule has 7 nitrogen and oxygen atoms in total. The van der Waals surface area contributed by atoms with E-state index in [1.807, 2.05) is 37.3 Å². The number of thiophene rings is 1. The van der Waals surface area contributed by atoms with Gasteiger partial charge in [-0.2, -0.15) is 10.5 Å². The minimum Gasteiger partial charge on any atom is -0.438 e. The third-order valence-electron chi connectivity index (χ3n) is 4.60. The molecule has 1 aliphatic heterocycles. The van der Waals surface area contributed by atoms with Gasteiger partial charge in [0.1, 0.15) is 28.3 Å². The van der Waals surface area contributed by atoms with Gasteiger partial charge in [-0.05, 0) is 12.5 Å². The van der Waals surface area contributed by atoms with E-state index in [1.165, 1.54) is 11.3 Å². The van der Waals surface area contributed by atoms with Gasteiger partial charge in [-0.3, -0.25) is 4.79 Å². The molecule has 3 heterocycles. The fraction of sp³-hybridized carbons (Fsp3) is 0.150. The second kappa shape index (κ2) is 6.76. The average molecular weight is 389 g/mol. The Labute approximate surface area is 164 Å².